The van der Waals surface area contributed by atoms with Gasteiger partial charge in [0.05, 0.1) is 7.11 Å². The van der Waals surface area contributed by atoms with E-state index in [1.807, 2.05) is 27.1 Å². The van der Waals surface area contributed by atoms with Gasteiger partial charge in [-0.05, 0) is 25.0 Å². The standard InChI is InChI=1S/C12H20N2O/c1-9(13)7-10-5-6-11(14(2)3)8-12(10)15-4/h5-6,8-9H,7,13H2,1-4H3. The second kappa shape index (κ2) is 5.03. The molecule has 0 saturated heterocycles. The Kier molecular flexibility index (Phi) is 3.97. The molecule has 0 fully saturated rings. The van der Waals surface area contributed by atoms with Crippen molar-refractivity contribution in [3.8, 4) is 5.75 Å². The van der Waals surface area contributed by atoms with Gasteiger partial charge in [-0.15, -0.1) is 0 Å². The summed E-state index contributed by atoms with van der Waals surface area (Å²) in [6, 6.07) is 6.36. The van der Waals surface area contributed by atoms with E-state index in [9.17, 15) is 0 Å². The van der Waals surface area contributed by atoms with Crippen molar-refractivity contribution in [1.82, 2.24) is 0 Å². The van der Waals surface area contributed by atoms with Crippen molar-refractivity contribution >= 4 is 5.69 Å². The molecule has 1 atom stereocenters. The molecule has 0 saturated carbocycles. The van der Waals surface area contributed by atoms with Gasteiger partial charge in [0, 0.05) is 31.9 Å². The molecule has 0 radical (unpaired) electrons. The van der Waals surface area contributed by atoms with Crippen molar-refractivity contribution in [2.75, 3.05) is 26.1 Å². The third kappa shape index (κ3) is 3.13. The van der Waals surface area contributed by atoms with Gasteiger partial charge in [-0.1, -0.05) is 6.07 Å². The molecule has 3 nitrogen and oxygen atoms in total. The first-order valence-corrected chi connectivity index (χ1v) is 5.14. The Balaban J connectivity index is 2.98. The third-order valence-corrected chi connectivity index (χ3v) is 2.33. The highest BCUT2D eigenvalue weighted by Gasteiger charge is 2.07. The summed E-state index contributed by atoms with van der Waals surface area (Å²) in [7, 11) is 5.72. The monoisotopic (exact) mass is 208 g/mol. The van der Waals surface area contributed by atoms with E-state index in [0.717, 1.165) is 23.4 Å². The molecule has 0 aliphatic heterocycles. The summed E-state index contributed by atoms with van der Waals surface area (Å²) >= 11 is 0. The molecule has 84 valence electrons. The van der Waals surface area contributed by atoms with Crippen molar-refractivity contribution in [3.05, 3.63) is 23.8 Å². The van der Waals surface area contributed by atoms with Crippen LogP contribution in [0.4, 0.5) is 5.69 Å². The first-order chi connectivity index (χ1) is 7.04. The highest BCUT2D eigenvalue weighted by atomic mass is 16.5. The lowest BCUT2D eigenvalue weighted by Gasteiger charge is -2.16. The predicted molar refractivity (Wildman–Crippen MR) is 64.7 cm³/mol. The topological polar surface area (TPSA) is 38.5 Å². The minimum atomic E-state index is 0.157. The molecular weight excluding hydrogens is 188 g/mol. The van der Waals surface area contributed by atoms with Crippen LogP contribution in [0.1, 0.15) is 12.5 Å². The van der Waals surface area contributed by atoms with Gasteiger partial charge in [0.2, 0.25) is 0 Å². The first kappa shape index (κ1) is 11.9. The van der Waals surface area contributed by atoms with Crippen LogP contribution in [0.25, 0.3) is 0 Å². The molecule has 1 unspecified atom stereocenters. The normalized spacial score (nSPS) is 12.3. The maximum absolute atomic E-state index is 5.78. The van der Waals surface area contributed by atoms with Gasteiger partial charge in [0.25, 0.3) is 0 Å². The molecule has 0 heterocycles. The van der Waals surface area contributed by atoms with Crippen LogP contribution in [-0.4, -0.2) is 27.2 Å². The molecule has 1 aromatic rings. The van der Waals surface area contributed by atoms with E-state index in [1.165, 1.54) is 0 Å². The molecular formula is C12H20N2O. The Labute approximate surface area is 91.8 Å². The van der Waals surface area contributed by atoms with Crippen molar-refractivity contribution in [2.45, 2.75) is 19.4 Å². The molecule has 3 heteroatoms. The fourth-order valence-corrected chi connectivity index (χ4v) is 1.53. The molecule has 0 aromatic heterocycles. The maximum Gasteiger partial charge on any atom is 0.124 e. The summed E-state index contributed by atoms with van der Waals surface area (Å²) in [4.78, 5) is 2.05. The third-order valence-electron chi connectivity index (χ3n) is 2.33. The number of nitrogens with zero attached hydrogens (tertiary/aromatic N) is 1. The number of anilines is 1. The molecule has 1 rings (SSSR count). The second-order valence-corrected chi connectivity index (χ2v) is 4.07. The van der Waals surface area contributed by atoms with Crippen LogP contribution in [0.3, 0.4) is 0 Å². The van der Waals surface area contributed by atoms with Gasteiger partial charge < -0.3 is 15.4 Å². The maximum atomic E-state index is 5.78. The van der Waals surface area contributed by atoms with Gasteiger partial charge in [0.15, 0.2) is 0 Å². The lowest BCUT2D eigenvalue weighted by atomic mass is 10.1. The average molecular weight is 208 g/mol. The van der Waals surface area contributed by atoms with Gasteiger partial charge >= 0.3 is 0 Å². The van der Waals surface area contributed by atoms with Crippen LogP contribution in [-0.2, 0) is 6.42 Å². The zero-order valence-corrected chi connectivity index (χ0v) is 9.95. The summed E-state index contributed by atoms with van der Waals surface area (Å²) in [5.74, 6) is 0.915. The summed E-state index contributed by atoms with van der Waals surface area (Å²) in [6.07, 6.45) is 0.844. The van der Waals surface area contributed by atoms with Crippen LogP contribution >= 0.6 is 0 Å². The molecule has 0 spiro atoms. The number of hydrogen-bond donors (Lipinski definition) is 1. The Morgan fingerprint density at radius 2 is 2.07 bits per heavy atom. The molecule has 15 heavy (non-hydrogen) atoms. The molecule has 0 bridgehead atoms. The number of methoxy groups -OCH3 is 1. The van der Waals surface area contributed by atoms with Crippen molar-refractivity contribution in [1.29, 1.82) is 0 Å². The lowest BCUT2D eigenvalue weighted by Crippen LogP contribution is -2.18. The van der Waals surface area contributed by atoms with Gasteiger partial charge in [0.1, 0.15) is 5.75 Å². The van der Waals surface area contributed by atoms with E-state index < -0.39 is 0 Å². The number of ether oxygens (including phenoxy) is 1. The SMILES string of the molecule is COc1cc(N(C)C)ccc1CC(C)N. The summed E-state index contributed by atoms with van der Waals surface area (Å²) in [5, 5.41) is 0. The van der Waals surface area contributed by atoms with E-state index in [2.05, 4.69) is 17.0 Å². The molecule has 0 amide bonds. The fraction of sp³-hybridized carbons (Fsp3) is 0.500. The number of rotatable bonds is 4. The van der Waals surface area contributed by atoms with Crippen LogP contribution < -0.4 is 15.4 Å². The molecule has 0 aliphatic rings. The van der Waals surface area contributed by atoms with E-state index in [0.29, 0.717) is 0 Å². The second-order valence-electron chi connectivity index (χ2n) is 4.07. The van der Waals surface area contributed by atoms with Gasteiger partial charge in [-0.25, -0.2) is 0 Å². The molecule has 0 aliphatic carbocycles. The summed E-state index contributed by atoms with van der Waals surface area (Å²) in [6.45, 7) is 2.00. The molecule has 2 N–H and O–H groups in total. The summed E-state index contributed by atoms with van der Waals surface area (Å²) < 4.78 is 5.35. The Morgan fingerprint density at radius 1 is 1.40 bits per heavy atom. The number of hydrogen-bond acceptors (Lipinski definition) is 3. The van der Waals surface area contributed by atoms with Crippen LogP contribution in [0.2, 0.25) is 0 Å². The Bertz CT molecular complexity index is 321. The zero-order valence-electron chi connectivity index (χ0n) is 9.95. The van der Waals surface area contributed by atoms with E-state index >= 15 is 0 Å². The fourth-order valence-electron chi connectivity index (χ4n) is 1.53. The lowest BCUT2D eigenvalue weighted by molar-refractivity contribution is 0.408. The molecule has 1 aromatic carbocycles. The van der Waals surface area contributed by atoms with E-state index in [-0.39, 0.29) is 6.04 Å². The quantitative estimate of drug-likeness (QED) is 0.817. The first-order valence-electron chi connectivity index (χ1n) is 5.14. The minimum absolute atomic E-state index is 0.157. The van der Waals surface area contributed by atoms with Gasteiger partial charge in [-0.2, -0.15) is 0 Å². The Morgan fingerprint density at radius 3 is 2.53 bits per heavy atom. The van der Waals surface area contributed by atoms with Crippen LogP contribution in [0, 0.1) is 0 Å². The average Bonchev–Trinajstić information content (AvgIpc) is 2.17. The Hall–Kier alpha value is -1.22. The van der Waals surface area contributed by atoms with E-state index in [4.69, 9.17) is 10.5 Å². The predicted octanol–water partition coefficient (Wildman–Crippen LogP) is 1.65. The van der Waals surface area contributed by atoms with Crippen LogP contribution in [0.15, 0.2) is 18.2 Å². The number of nitrogens with two attached hydrogens (primary N) is 1. The van der Waals surface area contributed by atoms with Crippen molar-refractivity contribution in [2.24, 2.45) is 5.73 Å². The minimum Gasteiger partial charge on any atom is -0.496 e. The van der Waals surface area contributed by atoms with Crippen LogP contribution in [0.5, 0.6) is 5.75 Å². The number of benzene rings is 1. The smallest absolute Gasteiger partial charge is 0.124 e. The van der Waals surface area contributed by atoms with Crippen molar-refractivity contribution < 1.29 is 4.74 Å². The van der Waals surface area contributed by atoms with Gasteiger partial charge in [-0.3, -0.25) is 0 Å². The summed E-state index contributed by atoms with van der Waals surface area (Å²) in [5.41, 5.74) is 8.08. The highest BCUT2D eigenvalue weighted by Crippen LogP contribution is 2.25. The van der Waals surface area contributed by atoms with E-state index in [1.54, 1.807) is 7.11 Å². The largest absolute Gasteiger partial charge is 0.496 e. The highest BCUT2D eigenvalue weighted by molar-refractivity contribution is 5.53. The zero-order chi connectivity index (χ0) is 11.4. The van der Waals surface area contributed by atoms with Crippen molar-refractivity contribution in [3.63, 3.8) is 0 Å².